The van der Waals surface area contributed by atoms with Gasteiger partial charge < -0.3 is 9.47 Å². The minimum absolute atomic E-state index is 0.132. The Bertz CT molecular complexity index is 700. The molecule has 4 rings (SSSR count). The quantitative estimate of drug-likeness (QED) is 0.839. The Morgan fingerprint density at radius 2 is 1.65 bits per heavy atom. The Labute approximate surface area is 135 Å². The lowest BCUT2D eigenvalue weighted by Crippen LogP contribution is -2.26. The van der Waals surface area contributed by atoms with Gasteiger partial charge in [-0.3, -0.25) is 4.90 Å². The van der Waals surface area contributed by atoms with E-state index in [0.717, 1.165) is 29.2 Å². The molecule has 0 saturated heterocycles. The Morgan fingerprint density at radius 1 is 0.913 bits per heavy atom. The fraction of sp³-hybridized carbons (Fsp3) is 0.368. The van der Waals surface area contributed by atoms with E-state index in [1.54, 1.807) is 6.07 Å². The van der Waals surface area contributed by atoms with Crippen LogP contribution in [-0.2, 0) is 13.1 Å². The molecule has 0 amide bonds. The van der Waals surface area contributed by atoms with Gasteiger partial charge in [-0.1, -0.05) is 30.3 Å². The number of halogens is 1. The number of hydrogen-bond acceptors (Lipinski definition) is 3. The second-order valence-electron chi connectivity index (χ2n) is 6.17. The van der Waals surface area contributed by atoms with Crippen LogP contribution in [-0.4, -0.2) is 24.2 Å². The van der Waals surface area contributed by atoms with E-state index in [-0.39, 0.29) is 5.82 Å². The first-order valence-corrected chi connectivity index (χ1v) is 8.16. The van der Waals surface area contributed by atoms with Crippen LogP contribution in [0.2, 0.25) is 0 Å². The van der Waals surface area contributed by atoms with Crippen molar-refractivity contribution in [1.82, 2.24) is 4.90 Å². The summed E-state index contributed by atoms with van der Waals surface area (Å²) in [5.41, 5.74) is 1.87. The van der Waals surface area contributed by atoms with Crippen LogP contribution in [0.15, 0.2) is 42.5 Å². The number of ether oxygens (including phenoxy) is 2. The van der Waals surface area contributed by atoms with Gasteiger partial charge >= 0.3 is 0 Å². The Morgan fingerprint density at radius 3 is 2.48 bits per heavy atom. The van der Waals surface area contributed by atoms with Crippen molar-refractivity contribution in [1.29, 1.82) is 0 Å². The van der Waals surface area contributed by atoms with Gasteiger partial charge in [0.1, 0.15) is 19.0 Å². The van der Waals surface area contributed by atoms with Crippen molar-refractivity contribution < 1.29 is 13.9 Å². The Hall–Kier alpha value is -2.07. The number of fused-ring (bicyclic) bond motifs is 1. The normalized spacial score (nSPS) is 16.6. The molecule has 0 radical (unpaired) electrons. The predicted octanol–water partition coefficient (Wildman–Crippen LogP) is 3.76. The van der Waals surface area contributed by atoms with Crippen LogP contribution in [0.4, 0.5) is 4.39 Å². The zero-order chi connectivity index (χ0) is 15.6. The third-order valence-electron chi connectivity index (χ3n) is 4.42. The molecule has 0 aromatic heterocycles. The van der Waals surface area contributed by atoms with Crippen LogP contribution in [0.25, 0.3) is 0 Å². The molecule has 2 aromatic carbocycles. The maximum absolute atomic E-state index is 14.0. The van der Waals surface area contributed by atoms with Gasteiger partial charge in [-0.2, -0.15) is 0 Å². The largest absolute Gasteiger partial charge is 0.486 e. The predicted molar refractivity (Wildman–Crippen MR) is 86.1 cm³/mol. The van der Waals surface area contributed by atoms with Crippen molar-refractivity contribution >= 4 is 0 Å². The molecule has 1 heterocycles. The van der Waals surface area contributed by atoms with E-state index < -0.39 is 0 Å². The first kappa shape index (κ1) is 14.5. The van der Waals surface area contributed by atoms with E-state index in [2.05, 4.69) is 11.0 Å². The van der Waals surface area contributed by atoms with Gasteiger partial charge in [0.25, 0.3) is 0 Å². The molecule has 2 aromatic rings. The second kappa shape index (κ2) is 6.20. The summed E-state index contributed by atoms with van der Waals surface area (Å²) in [6, 6.07) is 13.6. The summed E-state index contributed by atoms with van der Waals surface area (Å²) in [4.78, 5) is 2.34. The van der Waals surface area contributed by atoms with Gasteiger partial charge in [0, 0.05) is 30.3 Å². The highest BCUT2D eigenvalue weighted by atomic mass is 19.1. The standard InChI is InChI=1S/C19H20FNO2/c20-17-6-2-1-4-14(17)12-21(16-8-9-16)13-15-5-3-7-18-19(15)23-11-10-22-18/h1-7,16H,8-13H2. The molecule has 1 fully saturated rings. The van der Waals surface area contributed by atoms with Gasteiger partial charge in [0.2, 0.25) is 0 Å². The zero-order valence-corrected chi connectivity index (χ0v) is 13.0. The van der Waals surface area contributed by atoms with Crippen molar-refractivity contribution in [3.63, 3.8) is 0 Å². The SMILES string of the molecule is Fc1ccccc1CN(Cc1cccc2c1OCCO2)C1CC1. The van der Waals surface area contributed by atoms with E-state index in [4.69, 9.17) is 9.47 Å². The van der Waals surface area contributed by atoms with Crippen LogP contribution in [0.5, 0.6) is 11.5 Å². The van der Waals surface area contributed by atoms with E-state index in [0.29, 0.717) is 25.8 Å². The summed E-state index contributed by atoms with van der Waals surface area (Å²) >= 11 is 0. The Balaban J connectivity index is 1.57. The molecule has 23 heavy (non-hydrogen) atoms. The molecule has 1 saturated carbocycles. The van der Waals surface area contributed by atoms with Gasteiger partial charge in [0.05, 0.1) is 0 Å². The molecule has 2 aliphatic rings. The van der Waals surface area contributed by atoms with Crippen LogP contribution in [0.3, 0.4) is 0 Å². The average Bonchev–Trinajstić information content (AvgIpc) is 3.41. The maximum Gasteiger partial charge on any atom is 0.165 e. The maximum atomic E-state index is 14.0. The minimum Gasteiger partial charge on any atom is -0.486 e. The lowest BCUT2D eigenvalue weighted by molar-refractivity contribution is 0.165. The Kier molecular flexibility index (Phi) is 3.92. The summed E-state index contributed by atoms with van der Waals surface area (Å²) in [5, 5.41) is 0. The number of hydrogen-bond donors (Lipinski definition) is 0. The third-order valence-corrected chi connectivity index (χ3v) is 4.42. The van der Waals surface area contributed by atoms with Crippen molar-refractivity contribution in [3.8, 4) is 11.5 Å². The van der Waals surface area contributed by atoms with Gasteiger partial charge in [0.15, 0.2) is 11.5 Å². The molecule has 0 bridgehead atoms. The van der Waals surface area contributed by atoms with E-state index in [1.165, 1.54) is 18.9 Å². The van der Waals surface area contributed by atoms with E-state index in [1.807, 2.05) is 24.3 Å². The summed E-state index contributed by atoms with van der Waals surface area (Å²) in [6.45, 7) is 2.56. The molecule has 0 atom stereocenters. The summed E-state index contributed by atoms with van der Waals surface area (Å²) in [6.07, 6.45) is 2.36. The molecule has 0 N–H and O–H groups in total. The number of para-hydroxylation sites is 1. The number of nitrogens with zero attached hydrogens (tertiary/aromatic N) is 1. The van der Waals surface area contributed by atoms with Crippen molar-refractivity contribution in [2.45, 2.75) is 32.0 Å². The number of benzene rings is 2. The summed E-state index contributed by atoms with van der Waals surface area (Å²) in [5.74, 6) is 1.53. The second-order valence-corrected chi connectivity index (χ2v) is 6.17. The third kappa shape index (κ3) is 3.17. The van der Waals surface area contributed by atoms with Crippen molar-refractivity contribution in [2.24, 2.45) is 0 Å². The molecular weight excluding hydrogens is 293 g/mol. The van der Waals surface area contributed by atoms with Gasteiger partial charge in [-0.25, -0.2) is 4.39 Å². The van der Waals surface area contributed by atoms with Crippen LogP contribution in [0, 0.1) is 5.82 Å². The first-order chi connectivity index (χ1) is 11.3. The summed E-state index contributed by atoms with van der Waals surface area (Å²) < 4.78 is 25.4. The molecular formula is C19H20FNO2. The first-order valence-electron chi connectivity index (χ1n) is 8.16. The highest BCUT2D eigenvalue weighted by Gasteiger charge is 2.30. The highest BCUT2D eigenvalue weighted by molar-refractivity contribution is 5.47. The number of rotatable bonds is 5. The van der Waals surface area contributed by atoms with E-state index in [9.17, 15) is 4.39 Å². The van der Waals surface area contributed by atoms with Crippen LogP contribution < -0.4 is 9.47 Å². The fourth-order valence-corrected chi connectivity index (χ4v) is 3.08. The molecule has 3 nitrogen and oxygen atoms in total. The van der Waals surface area contributed by atoms with Crippen LogP contribution in [0.1, 0.15) is 24.0 Å². The van der Waals surface area contributed by atoms with Gasteiger partial charge in [-0.05, 0) is 25.0 Å². The average molecular weight is 313 g/mol. The summed E-state index contributed by atoms with van der Waals surface area (Å²) in [7, 11) is 0. The minimum atomic E-state index is -0.132. The fourth-order valence-electron chi connectivity index (χ4n) is 3.08. The zero-order valence-electron chi connectivity index (χ0n) is 13.0. The monoisotopic (exact) mass is 313 g/mol. The lowest BCUT2D eigenvalue weighted by atomic mass is 10.1. The van der Waals surface area contributed by atoms with Crippen LogP contribution >= 0.6 is 0 Å². The van der Waals surface area contributed by atoms with E-state index >= 15 is 0 Å². The smallest absolute Gasteiger partial charge is 0.165 e. The molecule has 4 heteroatoms. The molecule has 120 valence electrons. The molecule has 0 spiro atoms. The van der Waals surface area contributed by atoms with Gasteiger partial charge in [-0.15, -0.1) is 0 Å². The molecule has 1 aliphatic heterocycles. The highest BCUT2D eigenvalue weighted by Crippen LogP contribution is 2.37. The molecule has 1 aliphatic carbocycles. The van der Waals surface area contributed by atoms with Crippen molar-refractivity contribution in [2.75, 3.05) is 13.2 Å². The van der Waals surface area contributed by atoms with Crippen molar-refractivity contribution in [3.05, 3.63) is 59.4 Å². The lowest BCUT2D eigenvalue weighted by Gasteiger charge is -2.26. The molecule has 0 unspecified atom stereocenters. The topological polar surface area (TPSA) is 21.7 Å².